The van der Waals surface area contributed by atoms with Gasteiger partial charge in [-0.15, -0.1) is 0 Å². The topological polar surface area (TPSA) is 50.8 Å². The number of carbonyl (C=O) groups is 1. The normalized spacial score (nSPS) is 10.8. The third-order valence-corrected chi connectivity index (χ3v) is 3.37. The predicted octanol–water partition coefficient (Wildman–Crippen LogP) is 1.90. The van der Waals surface area contributed by atoms with E-state index in [-0.39, 0.29) is 12.6 Å². The molecule has 0 spiro atoms. The maximum absolute atomic E-state index is 11.2. The molecule has 22 heavy (non-hydrogen) atoms. The maximum Gasteiger partial charge on any atom is 0.343 e. The van der Waals surface area contributed by atoms with Crippen LogP contribution in [0.2, 0.25) is 0 Å². The summed E-state index contributed by atoms with van der Waals surface area (Å²) in [5.41, 5.74) is 3.30. The van der Waals surface area contributed by atoms with Crippen molar-refractivity contribution in [3.8, 4) is 5.75 Å². The van der Waals surface area contributed by atoms with E-state index in [1.54, 1.807) is 0 Å². The van der Waals surface area contributed by atoms with Gasteiger partial charge in [0.1, 0.15) is 5.75 Å². The molecule has 0 saturated carbocycles. The number of hydrogen-bond donors (Lipinski definition) is 1. The highest BCUT2D eigenvalue weighted by atomic mass is 16.6. The minimum atomic E-state index is -0.370. The molecule has 5 nitrogen and oxygen atoms in total. The Hall–Kier alpha value is -1.59. The van der Waals surface area contributed by atoms with Crippen LogP contribution < -0.4 is 10.1 Å². The summed E-state index contributed by atoms with van der Waals surface area (Å²) in [6.07, 6.45) is 1.13. The molecule has 1 N–H and O–H groups in total. The van der Waals surface area contributed by atoms with Crippen molar-refractivity contribution in [2.75, 3.05) is 40.9 Å². The van der Waals surface area contributed by atoms with Crippen LogP contribution in [-0.4, -0.2) is 51.8 Å². The average molecular weight is 308 g/mol. The van der Waals surface area contributed by atoms with Crippen LogP contribution in [0.3, 0.4) is 0 Å². The lowest BCUT2D eigenvalue weighted by Gasteiger charge is -2.14. The zero-order valence-corrected chi connectivity index (χ0v) is 14.4. The number of rotatable bonds is 9. The van der Waals surface area contributed by atoms with E-state index >= 15 is 0 Å². The molecule has 0 radical (unpaired) electrons. The number of carbonyl (C=O) groups excluding carboxylic acids is 1. The third kappa shape index (κ3) is 6.45. The third-order valence-electron chi connectivity index (χ3n) is 3.37. The zero-order chi connectivity index (χ0) is 16.5. The maximum atomic E-state index is 11.2. The van der Waals surface area contributed by atoms with Crippen molar-refractivity contribution in [3.63, 3.8) is 0 Å². The Balaban J connectivity index is 2.52. The molecule has 0 aromatic heterocycles. The van der Waals surface area contributed by atoms with Gasteiger partial charge in [-0.1, -0.05) is 12.1 Å². The molecule has 0 saturated heterocycles. The van der Waals surface area contributed by atoms with E-state index in [1.807, 2.05) is 13.8 Å². The van der Waals surface area contributed by atoms with Crippen molar-refractivity contribution in [1.82, 2.24) is 10.2 Å². The first-order valence-electron chi connectivity index (χ1n) is 7.59. The number of methoxy groups -OCH3 is 1. The van der Waals surface area contributed by atoms with E-state index < -0.39 is 0 Å². The lowest BCUT2D eigenvalue weighted by molar-refractivity contribution is -0.142. The Kier molecular flexibility index (Phi) is 7.91. The van der Waals surface area contributed by atoms with Gasteiger partial charge >= 0.3 is 5.97 Å². The van der Waals surface area contributed by atoms with Gasteiger partial charge in [-0.3, -0.25) is 0 Å². The molecular weight excluding hydrogens is 280 g/mol. The largest absolute Gasteiger partial charge is 0.481 e. The Labute approximate surface area is 133 Å². The summed E-state index contributed by atoms with van der Waals surface area (Å²) in [7, 11) is 5.52. The fourth-order valence-corrected chi connectivity index (χ4v) is 2.31. The van der Waals surface area contributed by atoms with Crippen molar-refractivity contribution in [1.29, 1.82) is 0 Å². The minimum Gasteiger partial charge on any atom is -0.481 e. The van der Waals surface area contributed by atoms with Crippen molar-refractivity contribution in [2.24, 2.45) is 0 Å². The van der Waals surface area contributed by atoms with E-state index in [9.17, 15) is 4.79 Å². The molecule has 0 amide bonds. The molecule has 1 aromatic rings. The number of nitrogens with one attached hydrogen (secondary N) is 1. The number of esters is 1. The molecule has 1 rings (SSSR count). The first-order valence-corrected chi connectivity index (χ1v) is 7.59. The SMILES string of the molecule is COC(=O)COc1c(C)cc(CNCCCN(C)C)cc1C. The van der Waals surface area contributed by atoms with E-state index in [1.165, 1.54) is 12.7 Å². The van der Waals surface area contributed by atoms with Crippen molar-refractivity contribution < 1.29 is 14.3 Å². The molecule has 0 fully saturated rings. The van der Waals surface area contributed by atoms with E-state index in [4.69, 9.17) is 4.74 Å². The van der Waals surface area contributed by atoms with Gasteiger partial charge < -0.3 is 19.7 Å². The first kappa shape index (κ1) is 18.5. The quantitative estimate of drug-likeness (QED) is 0.558. The lowest BCUT2D eigenvalue weighted by atomic mass is 10.1. The van der Waals surface area contributed by atoms with E-state index in [2.05, 4.69) is 41.2 Å². The molecule has 0 aliphatic rings. The highest BCUT2D eigenvalue weighted by molar-refractivity contribution is 5.71. The number of benzene rings is 1. The Morgan fingerprint density at radius 2 is 1.86 bits per heavy atom. The van der Waals surface area contributed by atoms with Crippen LogP contribution in [0.4, 0.5) is 0 Å². The van der Waals surface area contributed by atoms with Gasteiger partial charge in [0.25, 0.3) is 0 Å². The highest BCUT2D eigenvalue weighted by Gasteiger charge is 2.09. The molecule has 0 unspecified atom stereocenters. The van der Waals surface area contributed by atoms with Gasteiger partial charge in [-0.25, -0.2) is 4.79 Å². The molecule has 124 valence electrons. The summed E-state index contributed by atoms with van der Waals surface area (Å²) in [4.78, 5) is 13.3. The van der Waals surface area contributed by atoms with Crippen LogP contribution >= 0.6 is 0 Å². The minimum absolute atomic E-state index is 0.0552. The van der Waals surface area contributed by atoms with Crippen LogP contribution in [0, 0.1) is 13.8 Å². The van der Waals surface area contributed by atoms with Gasteiger partial charge in [0.05, 0.1) is 7.11 Å². The molecule has 0 aliphatic heterocycles. The lowest BCUT2D eigenvalue weighted by Crippen LogP contribution is -2.21. The van der Waals surface area contributed by atoms with Crippen molar-refractivity contribution in [2.45, 2.75) is 26.8 Å². The summed E-state index contributed by atoms with van der Waals surface area (Å²) in [5.74, 6) is 0.396. The van der Waals surface area contributed by atoms with Gasteiger partial charge in [0, 0.05) is 6.54 Å². The molecule has 0 atom stereocenters. The monoisotopic (exact) mass is 308 g/mol. The summed E-state index contributed by atoms with van der Waals surface area (Å²) in [6.45, 7) is 6.86. The predicted molar refractivity (Wildman–Crippen MR) is 88.3 cm³/mol. The number of nitrogens with zero attached hydrogens (tertiary/aromatic N) is 1. The molecule has 0 aliphatic carbocycles. The molecular formula is C17H28N2O3. The fourth-order valence-electron chi connectivity index (χ4n) is 2.31. The summed E-state index contributed by atoms with van der Waals surface area (Å²) in [5, 5.41) is 3.45. The second-order valence-corrected chi connectivity index (χ2v) is 5.76. The van der Waals surface area contributed by atoms with Gasteiger partial charge in [-0.05, 0) is 64.1 Å². The average Bonchev–Trinajstić information content (AvgIpc) is 2.45. The standard InChI is InChI=1S/C17H28N2O3/c1-13-9-15(11-18-7-6-8-19(3)4)10-14(2)17(13)22-12-16(20)21-5/h9-10,18H,6-8,11-12H2,1-5H3. The molecule has 1 aromatic carbocycles. The van der Waals surface area contributed by atoms with Crippen LogP contribution in [0.5, 0.6) is 5.75 Å². The van der Waals surface area contributed by atoms with Gasteiger partial charge in [-0.2, -0.15) is 0 Å². The number of ether oxygens (including phenoxy) is 2. The van der Waals surface area contributed by atoms with Crippen molar-refractivity contribution in [3.05, 3.63) is 28.8 Å². The highest BCUT2D eigenvalue weighted by Crippen LogP contribution is 2.24. The van der Waals surface area contributed by atoms with E-state index in [0.29, 0.717) is 0 Å². The summed E-state index contributed by atoms with van der Waals surface area (Å²) >= 11 is 0. The first-order chi connectivity index (χ1) is 10.4. The summed E-state index contributed by atoms with van der Waals surface area (Å²) in [6, 6.07) is 4.19. The van der Waals surface area contributed by atoms with Crippen LogP contribution in [0.25, 0.3) is 0 Å². The van der Waals surface area contributed by atoms with Crippen LogP contribution in [-0.2, 0) is 16.1 Å². The fraction of sp³-hybridized carbons (Fsp3) is 0.588. The van der Waals surface area contributed by atoms with E-state index in [0.717, 1.165) is 42.9 Å². The smallest absolute Gasteiger partial charge is 0.343 e. The van der Waals surface area contributed by atoms with Crippen LogP contribution in [0.1, 0.15) is 23.1 Å². The summed E-state index contributed by atoms with van der Waals surface area (Å²) < 4.78 is 10.1. The molecule has 0 heterocycles. The van der Waals surface area contributed by atoms with Gasteiger partial charge in [0.15, 0.2) is 6.61 Å². The molecule has 5 heteroatoms. The Morgan fingerprint density at radius 1 is 1.23 bits per heavy atom. The zero-order valence-electron chi connectivity index (χ0n) is 14.4. The van der Waals surface area contributed by atoms with Crippen LogP contribution in [0.15, 0.2) is 12.1 Å². The second-order valence-electron chi connectivity index (χ2n) is 5.76. The number of aryl methyl sites for hydroxylation is 2. The molecule has 0 bridgehead atoms. The number of hydrogen-bond acceptors (Lipinski definition) is 5. The second kappa shape index (κ2) is 9.43. The Bertz CT molecular complexity index is 464. The van der Waals surface area contributed by atoms with Gasteiger partial charge in [0.2, 0.25) is 0 Å². The Morgan fingerprint density at radius 3 is 2.41 bits per heavy atom. The van der Waals surface area contributed by atoms with Crippen molar-refractivity contribution >= 4 is 5.97 Å².